The zero-order valence-electron chi connectivity index (χ0n) is 12.9. The molecular weight excluding hydrogens is 258 g/mol. The minimum atomic E-state index is 0.415. The van der Waals surface area contributed by atoms with Crippen molar-refractivity contribution in [2.45, 2.75) is 32.7 Å². The first kappa shape index (κ1) is 14.2. The number of fused-ring (bicyclic) bond motifs is 1. The standard InChI is InChI=1S/C19H23NO/c1-14-12-15(2)19-17(9-11-21-18(19)13-14)20-10-8-16-6-4-3-5-7-16/h3-7,12-13,17,20H,8-11H2,1-2H3. The minimum absolute atomic E-state index is 0.415. The molecule has 3 rings (SSSR count). The third-order valence-corrected chi connectivity index (χ3v) is 4.15. The van der Waals surface area contributed by atoms with Gasteiger partial charge in [-0.1, -0.05) is 36.4 Å². The SMILES string of the molecule is Cc1cc(C)c2c(c1)OCCC2NCCc1ccccc1. The van der Waals surface area contributed by atoms with Crippen LogP contribution in [-0.4, -0.2) is 13.2 Å². The lowest BCUT2D eigenvalue weighted by Crippen LogP contribution is -2.29. The summed E-state index contributed by atoms with van der Waals surface area (Å²) in [5.41, 5.74) is 5.34. The van der Waals surface area contributed by atoms with Crippen LogP contribution in [0.25, 0.3) is 0 Å². The van der Waals surface area contributed by atoms with Gasteiger partial charge in [-0.3, -0.25) is 0 Å². The molecule has 2 nitrogen and oxygen atoms in total. The molecule has 1 atom stereocenters. The van der Waals surface area contributed by atoms with Crippen LogP contribution in [-0.2, 0) is 6.42 Å². The zero-order chi connectivity index (χ0) is 14.7. The highest BCUT2D eigenvalue weighted by Crippen LogP contribution is 2.35. The number of hydrogen-bond donors (Lipinski definition) is 1. The van der Waals surface area contributed by atoms with Crippen molar-refractivity contribution in [3.8, 4) is 5.75 Å². The smallest absolute Gasteiger partial charge is 0.124 e. The Labute approximate surface area is 127 Å². The fraction of sp³-hybridized carbons (Fsp3) is 0.368. The van der Waals surface area contributed by atoms with Crippen molar-refractivity contribution in [1.82, 2.24) is 5.32 Å². The summed E-state index contributed by atoms with van der Waals surface area (Å²) in [5, 5.41) is 3.71. The van der Waals surface area contributed by atoms with Gasteiger partial charge in [0, 0.05) is 18.0 Å². The van der Waals surface area contributed by atoms with Gasteiger partial charge in [0.15, 0.2) is 0 Å². The highest BCUT2D eigenvalue weighted by Gasteiger charge is 2.23. The highest BCUT2D eigenvalue weighted by atomic mass is 16.5. The van der Waals surface area contributed by atoms with E-state index in [1.54, 1.807) is 0 Å². The number of hydrogen-bond acceptors (Lipinski definition) is 2. The lowest BCUT2D eigenvalue weighted by molar-refractivity contribution is 0.252. The Kier molecular flexibility index (Phi) is 4.26. The van der Waals surface area contributed by atoms with E-state index < -0.39 is 0 Å². The van der Waals surface area contributed by atoms with Crippen molar-refractivity contribution in [3.63, 3.8) is 0 Å². The van der Waals surface area contributed by atoms with Crippen molar-refractivity contribution in [2.75, 3.05) is 13.2 Å². The summed E-state index contributed by atoms with van der Waals surface area (Å²) in [6, 6.07) is 15.5. The third-order valence-electron chi connectivity index (χ3n) is 4.15. The predicted molar refractivity (Wildman–Crippen MR) is 86.9 cm³/mol. The van der Waals surface area contributed by atoms with Gasteiger partial charge < -0.3 is 10.1 Å². The largest absolute Gasteiger partial charge is 0.493 e. The van der Waals surface area contributed by atoms with Gasteiger partial charge in [0.05, 0.1) is 6.61 Å². The topological polar surface area (TPSA) is 21.3 Å². The molecule has 0 amide bonds. The lowest BCUT2D eigenvalue weighted by Gasteiger charge is -2.29. The number of nitrogens with one attached hydrogen (secondary N) is 1. The van der Waals surface area contributed by atoms with Crippen molar-refractivity contribution in [3.05, 3.63) is 64.7 Å². The number of aryl methyl sites for hydroxylation is 2. The second-order valence-electron chi connectivity index (χ2n) is 5.87. The molecule has 0 bridgehead atoms. The molecule has 0 radical (unpaired) electrons. The average Bonchev–Trinajstić information content (AvgIpc) is 2.48. The van der Waals surface area contributed by atoms with Crippen LogP contribution in [0.15, 0.2) is 42.5 Å². The number of ether oxygens (including phenoxy) is 1. The third kappa shape index (κ3) is 3.27. The molecular formula is C19H23NO. The second-order valence-corrected chi connectivity index (χ2v) is 5.87. The molecule has 1 heterocycles. The summed E-state index contributed by atoms with van der Waals surface area (Å²) in [5.74, 6) is 1.07. The summed E-state index contributed by atoms with van der Waals surface area (Å²) in [6.07, 6.45) is 2.12. The second kappa shape index (κ2) is 6.31. The Morgan fingerprint density at radius 2 is 1.95 bits per heavy atom. The average molecular weight is 281 g/mol. The molecule has 110 valence electrons. The van der Waals surface area contributed by atoms with Gasteiger partial charge >= 0.3 is 0 Å². The molecule has 0 aromatic heterocycles. The van der Waals surface area contributed by atoms with E-state index in [1.165, 1.54) is 22.3 Å². The van der Waals surface area contributed by atoms with E-state index in [4.69, 9.17) is 4.74 Å². The normalized spacial score (nSPS) is 17.1. The van der Waals surface area contributed by atoms with E-state index in [0.717, 1.165) is 31.7 Å². The molecule has 1 N–H and O–H groups in total. The van der Waals surface area contributed by atoms with Gasteiger partial charge in [-0.05, 0) is 49.6 Å². The fourth-order valence-corrected chi connectivity index (χ4v) is 3.18. The van der Waals surface area contributed by atoms with Crippen LogP contribution in [0.4, 0.5) is 0 Å². The van der Waals surface area contributed by atoms with Crippen molar-refractivity contribution < 1.29 is 4.74 Å². The Morgan fingerprint density at radius 3 is 2.76 bits per heavy atom. The predicted octanol–water partition coefficient (Wildman–Crippen LogP) is 3.96. The molecule has 1 unspecified atom stereocenters. The quantitative estimate of drug-likeness (QED) is 0.916. The van der Waals surface area contributed by atoms with Crippen molar-refractivity contribution in [2.24, 2.45) is 0 Å². The van der Waals surface area contributed by atoms with E-state index in [0.29, 0.717) is 6.04 Å². The number of benzene rings is 2. The summed E-state index contributed by atoms with van der Waals surface area (Å²) >= 11 is 0. The van der Waals surface area contributed by atoms with Crippen LogP contribution in [0.5, 0.6) is 5.75 Å². The van der Waals surface area contributed by atoms with Gasteiger partial charge in [0.1, 0.15) is 5.75 Å². The molecule has 2 aromatic carbocycles. The lowest BCUT2D eigenvalue weighted by atomic mass is 9.94. The Balaban J connectivity index is 1.68. The molecule has 21 heavy (non-hydrogen) atoms. The monoisotopic (exact) mass is 281 g/mol. The van der Waals surface area contributed by atoms with Crippen LogP contribution < -0.4 is 10.1 Å². The van der Waals surface area contributed by atoms with E-state index in [9.17, 15) is 0 Å². The Hall–Kier alpha value is -1.80. The molecule has 1 aliphatic heterocycles. The van der Waals surface area contributed by atoms with Crippen molar-refractivity contribution >= 4 is 0 Å². The van der Waals surface area contributed by atoms with Gasteiger partial charge in [0.25, 0.3) is 0 Å². The molecule has 0 fully saturated rings. The van der Waals surface area contributed by atoms with E-state index >= 15 is 0 Å². The Bertz CT molecular complexity index is 606. The van der Waals surface area contributed by atoms with Crippen LogP contribution in [0.1, 0.15) is 34.7 Å². The van der Waals surface area contributed by atoms with Gasteiger partial charge in [-0.25, -0.2) is 0 Å². The van der Waals surface area contributed by atoms with E-state index in [2.05, 4.69) is 61.6 Å². The molecule has 0 saturated heterocycles. The van der Waals surface area contributed by atoms with Crippen LogP contribution in [0.3, 0.4) is 0 Å². The summed E-state index contributed by atoms with van der Waals surface area (Å²) < 4.78 is 5.84. The summed E-state index contributed by atoms with van der Waals surface area (Å²) in [7, 11) is 0. The molecule has 1 aliphatic rings. The summed E-state index contributed by atoms with van der Waals surface area (Å²) in [4.78, 5) is 0. The van der Waals surface area contributed by atoms with Crippen molar-refractivity contribution in [1.29, 1.82) is 0 Å². The fourth-order valence-electron chi connectivity index (χ4n) is 3.18. The first-order chi connectivity index (χ1) is 10.2. The van der Waals surface area contributed by atoms with Gasteiger partial charge in [0.2, 0.25) is 0 Å². The van der Waals surface area contributed by atoms with Gasteiger partial charge in [-0.15, -0.1) is 0 Å². The van der Waals surface area contributed by atoms with Crippen LogP contribution in [0.2, 0.25) is 0 Å². The first-order valence-electron chi connectivity index (χ1n) is 7.75. The van der Waals surface area contributed by atoms with Crippen LogP contribution in [0, 0.1) is 13.8 Å². The summed E-state index contributed by atoms with van der Waals surface area (Å²) in [6.45, 7) is 6.12. The molecule has 2 heteroatoms. The zero-order valence-corrected chi connectivity index (χ0v) is 12.9. The highest BCUT2D eigenvalue weighted by molar-refractivity contribution is 5.46. The number of rotatable bonds is 4. The maximum atomic E-state index is 5.84. The molecule has 0 spiro atoms. The molecule has 0 saturated carbocycles. The first-order valence-corrected chi connectivity index (χ1v) is 7.75. The minimum Gasteiger partial charge on any atom is -0.493 e. The Morgan fingerprint density at radius 1 is 1.14 bits per heavy atom. The van der Waals surface area contributed by atoms with E-state index in [-0.39, 0.29) is 0 Å². The van der Waals surface area contributed by atoms with E-state index in [1.807, 2.05) is 0 Å². The maximum absolute atomic E-state index is 5.84. The maximum Gasteiger partial charge on any atom is 0.124 e. The van der Waals surface area contributed by atoms with Crippen LogP contribution >= 0.6 is 0 Å². The molecule has 0 aliphatic carbocycles. The molecule has 2 aromatic rings. The van der Waals surface area contributed by atoms with Gasteiger partial charge in [-0.2, -0.15) is 0 Å².